The van der Waals surface area contributed by atoms with Gasteiger partial charge < -0.3 is 4.57 Å². The Bertz CT molecular complexity index is 5260. The molecule has 9 nitrogen and oxygen atoms in total. The van der Waals surface area contributed by atoms with E-state index in [1.54, 1.807) is 0 Å². The summed E-state index contributed by atoms with van der Waals surface area (Å²) < 4.78 is 6.96. The van der Waals surface area contributed by atoms with Gasteiger partial charge in [0.15, 0.2) is 23.3 Å². The van der Waals surface area contributed by atoms with Crippen molar-refractivity contribution >= 4 is 65.4 Å². The predicted octanol–water partition coefficient (Wildman–Crippen LogP) is 18.0. The molecule has 0 aliphatic heterocycles. The van der Waals surface area contributed by atoms with Crippen LogP contribution in [0.3, 0.4) is 0 Å². The molecule has 0 N–H and O–H groups in total. The van der Waals surface area contributed by atoms with Crippen molar-refractivity contribution in [2.45, 2.75) is 19.3 Å². The van der Waals surface area contributed by atoms with Gasteiger partial charge in [-0.15, -0.1) is 0 Å². The summed E-state index contributed by atoms with van der Waals surface area (Å²) in [7, 11) is 0. The molecule has 17 rings (SSSR count). The number of para-hydroxylation sites is 4. The molecule has 0 atom stereocenters. The molecule has 1 aliphatic carbocycles. The van der Waals surface area contributed by atoms with Crippen LogP contribution in [0.15, 0.2) is 261 Å². The molecule has 5 heterocycles. The molecule has 0 fully saturated rings. The second-order valence-corrected chi connectivity index (χ2v) is 22.2. The largest absolute Gasteiger partial charge is 0.307 e. The first-order valence-corrected chi connectivity index (χ1v) is 28.5. The summed E-state index contributed by atoms with van der Waals surface area (Å²) in [5, 5.41) is 6.69. The van der Waals surface area contributed by atoms with Crippen molar-refractivity contribution in [3.8, 4) is 85.4 Å². The summed E-state index contributed by atoms with van der Waals surface area (Å²) in [6, 6.07) is 91.9. The van der Waals surface area contributed by atoms with Gasteiger partial charge in [0.05, 0.1) is 33.1 Å². The Morgan fingerprint density at radius 1 is 0.286 bits per heavy atom. The second kappa shape index (κ2) is 18.4. The van der Waals surface area contributed by atoms with Crippen LogP contribution >= 0.6 is 0 Å². The maximum absolute atomic E-state index is 5.50. The number of rotatable bonds is 8. The fourth-order valence-electron chi connectivity index (χ4n) is 13.4. The molecule has 5 aromatic heterocycles. The fourth-order valence-corrected chi connectivity index (χ4v) is 13.4. The minimum absolute atomic E-state index is 0.287. The van der Waals surface area contributed by atoms with Crippen LogP contribution in [0.25, 0.3) is 151 Å². The average molecular weight is 1080 g/mol. The van der Waals surface area contributed by atoms with Gasteiger partial charge in [-0.25, -0.2) is 9.97 Å². The molecule has 0 radical (unpaired) electrons. The fraction of sp³-hybridized carbons (Fsp3) is 0.0400. The van der Waals surface area contributed by atoms with Gasteiger partial charge in [0.25, 0.3) is 0 Å². The molecule has 0 unspecified atom stereocenters. The summed E-state index contributed by atoms with van der Waals surface area (Å²) in [5.41, 5.74) is 17.8. The Kier molecular flexibility index (Phi) is 10.5. The van der Waals surface area contributed by atoms with Crippen LogP contribution in [0.2, 0.25) is 0 Å². The molecule has 0 amide bonds. The van der Waals surface area contributed by atoms with Crippen LogP contribution in [0.5, 0.6) is 0 Å². The Balaban J connectivity index is 0.917. The number of fused-ring (bicyclic) bond motifs is 14. The summed E-state index contributed by atoms with van der Waals surface area (Å²) in [6.45, 7) is 4.69. The molecule has 11 aromatic carbocycles. The molecule has 0 saturated carbocycles. The Hall–Kier alpha value is -11.2. The second-order valence-electron chi connectivity index (χ2n) is 22.2. The van der Waals surface area contributed by atoms with Crippen LogP contribution in [0.1, 0.15) is 25.0 Å². The zero-order valence-electron chi connectivity index (χ0n) is 45.9. The van der Waals surface area contributed by atoms with E-state index in [4.69, 9.17) is 29.9 Å². The summed E-state index contributed by atoms with van der Waals surface area (Å²) in [4.78, 5) is 32.2. The van der Waals surface area contributed by atoms with E-state index < -0.39 is 0 Å². The third-order valence-corrected chi connectivity index (χ3v) is 17.1. The lowest BCUT2D eigenvalue weighted by molar-refractivity contribution is 0.663. The van der Waals surface area contributed by atoms with Crippen LogP contribution in [-0.2, 0) is 5.41 Å². The Morgan fingerprint density at radius 2 is 0.714 bits per heavy atom. The summed E-state index contributed by atoms with van der Waals surface area (Å²) in [5.74, 6) is 3.44. The highest BCUT2D eigenvalue weighted by Crippen LogP contribution is 2.53. The van der Waals surface area contributed by atoms with E-state index in [-0.39, 0.29) is 5.41 Å². The van der Waals surface area contributed by atoms with Crippen molar-refractivity contribution in [2.75, 3.05) is 0 Å². The van der Waals surface area contributed by atoms with E-state index in [1.165, 1.54) is 22.3 Å². The summed E-state index contributed by atoms with van der Waals surface area (Å²) in [6.07, 6.45) is 0. The molecule has 84 heavy (non-hydrogen) atoms. The first kappa shape index (κ1) is 47.6. The zero-order valence-corrected chi connectivity index (χ0v) is 45.9. The third kappa shape index (κ3) is 7.15. The van der Waals surface area contributed by atoms with Gasteiger partial charge in [0.1, 0.15) is 0 Å². The highest BCUT2D eigenvalue weighted by atomic mass is 15.2. The minimum atomic E-state index is -0.287. The van der Waals surface area contributed by atoms with E-state index in [9.17, 15) is 0 Å². The molecule has 394 valence electrons. The first-order valence-electron chi connectivity index (χ1n) is 28.5. The number of aromatic nitrogens is 9. The average Bonchev–Trinajstić information content (AvgIpc) is 1.76. The molecular formula is C75H49N9. The number of benzene rings is 11. The predicted molar refractivity (Wildman–Crippen MR) is 341 cm³/mol. The number of hydrogen-bond acceptors (Lipinski definition) is 6. The van der Waals surface area contributed by atoms with Gasteiger partial charge >= 0.3 is 0 Å². The van der Waals surface area contributed by atoms with Crippen molar-refractivity contribution < 1.29 is 0 Å². The van der Waals surface area contributed by atoms with Crippen molar-refractivity contribution in [1.82, 2.24) is 43.6 Å². The standard InChI is InChI=1S/C75H49N9/c1-75(2)60-35-19-15-31-52(60)55-43-44-56-53-32-16-21-37-62(53)83(66(56)65(55)75)73-78-71(49-27-11-5-12-28-49)77-72(81-73)50-41-39-46(40-42-50)58-45-59-54-33-17-20-36-61(54)82(51-29-13-6-14-30-51)67(59)68-64(58)57-34-18-22-38-63(57)84(68)74-79-69(47-23-7-3-8-24-47)76-70(80-74)48-25-9-4-10-26-48/h3-45H,1-2H3. The maximum Gasteiger partial charge on any atom is 0.238 e. The third-order valence-electron chi connectivity index (χ3n) is 17.1. The van der Waals surface area contributed by atoms with E-state index in [0.717, 1.165) is 104 Å². The van der Waals surface area contributed by atoms with Gasteiger partial charge in [-0.05, 0) is 69.8 Å². The highest BCUT2D eigenvalue weighted by Gasteiger charge is 2.39. The Labute approximate surface area is 483 Å². The molecule has 9 heteroatoms. The van der Waals surface area contributed by atoms with Gasteiger partial charge in [-0.3, -0.25) is 9.13 Å². The molecule has 1 aliphatic rings. The molecule has 0 saturated heterocycles. The normalized spacial score (nSPS) is 12.7. The lowest BCUT2D eigenvalue weighted by atomic mass is 9.81. The van der Waals surface area contributed by atoms with Gasteiger partial charge in [0, 0.05) is 65.7 Å². The van der Waals surface area contributed by atoms with E-state index in [1.807, 2.05) is 54.6 Å². The lowest BCUT2D eigenvalue weighted by Gasteiger charge is -2.23. The zero-order chi connectivity index (χ0) is 55.6. The SMILES string of the molecule is CC1(C)c2ccccc2-c2ccc3c4ccccc4n(-c4nc(-c5ccccc5)nc(-c5ccc(-c6cc7c8ccccc8n(-c8ccccc8)c7c7c6c6ccccc6n7-c6nc(-c7ccccc7)nc(-c7ccccc7)n6)cc5)n4)c3c21. The van der Waals surface area contributed by atoms with Crippen LogP contribution in [-0.4, -0.2) is 43.6 Å². The minimum Gasteiger partial charge on any atom is -0.307 e. The highest BCUT2D eigenvalue weighted by molar-refractivity contribution is 6.28. The topological polar surface area (TPSA) is 92.1 Å². The van der Waals surface area contributed by atoms with Crippen molar-refractivity contribution in [1.29, 1.82) is 0 Å². The lowest BCUT2D eigenvalue weighted by Crippen LogP contribution is -2.17. The number of hydrogen-bond donors (Lipinski definition) is 0. The smallest absolute Gasteiger partial charge is 0.238 e. The quantitative estimate of drug-likeness (QED) is 0.151. The number of nitrogens with zero attached hydrogens (tertiary/aromatic N) is 9. The van der Waals surface area contributed by atoms with E-state index in [2.05, 4.69) is 234 Å². The van der Waals surface area contributed by atoms with E-state index in [0.29, 0.717) is 35.2 Å². The van der Waals surface area contributed by atoms with Gasteiger partial charge in [0.2, 0.25) is 11.9 Å². The molecule has 0 spiro atoms. The maximum atomic E-state index is 5.50. The van der Waals surface area contributed by atoms with E-state index >= 15 is 0 Å². The van der Waals surface area contributed by atoms with Crippen molar-refractivity contribution in [2.24, 2.45) is 0 Å². The molecule has 0 bridgehead atoms. The first-order chi connectivity index (χ1) is 41.4. The van der Waals surface area contributed by atoms with Crippen molar-refractivity contribution in [3.63, 3.8) is 0 Å². The van der Waals surface area contributed by atoms with Gasteiger partial charge in [-0.1, -0.05) is 238 Å². The Morgan fingerprint density at radius 3 is 1.29 bits per heavy atom. The van der Waals surface area contributed by atoms with Crippen LogP contribution in [0.4, 0.5) is 0 Å². The summed E-state index contributed by atoms with van der Waals surface area (Å²) >= 11 is 0. The molecule has 16 aromatic rings. The van der Waals surface area contributed by atoms with Crippen LogP contribution < -0.4 is 0 Å². The van der Waals surface area contributed by atoms with Gasteiger partial charge in [-0.2, -0.15) is 19.9 Å². The molecular weight excluding hydrogens is 1030 g/mol. The van der Waals surface area contributed by atoms with Crippen LogP contribution in [0, 0.1) is 0 Å². The van der Waals surface area contributed by atoms with Crippen molar-refractivity contribution in [3.05, 3.63) is 272 Å². The monoisotopic (exact) mass is 1080 g/mol.